The lowest BCUT2D eigenvalue weighted by Crippen LogP contribution is -2.32. The Bertz CT molecular complexity index is 313. The average Bonchev–Trinajstić information content (AvgIpc) is 2.69. The van der Waals surface area contributed by atoms with Crippen LogP contribution in [0.4, 0.5) is 0 Å². The number of hydrogen-bond acceptors (Lipinski definition) is 4. The van der Waals surface area contributed by atoms with Crippen molar-refractivity contribution in [3.05, 3.63) is 0 Å². The summed E-state index contributed by atoms with van der Waals surface area (Å²) in [5.41, 5.74) is 0. The standard InChI is InChI=1S/C15H26O4/c1-5-7-18-14(16)12-9-10(3)11(4)13(12)15(17)19-8-6-2/h10-13H,5-9H2,1-4H3. The van der Waals surface area contributed by atoms with Gasteiger partial charge in [0.2, 0.25) is 0 Å². The van der Waals surface area contributed by atoms with Crippen LogP contribution in [0.15, 0.2) is 0 Å². The number of carbonyl (C=O) groups is 2. The molecular weight excluding hydrogens is 244 g/mol. The summed E-state index contributed by atoms with van der Waals surface area (Å²) in [5.74, 6) is -0.637. The fourth-order valence-corrected chi connectivity index (χ4v) is 2.71. The molecule has 1 aliphatic carbocycles. The number of esters is 2. The molecule has 0 saturated heterocycles. The normalized spacial score (nSPS) is 30.1. The average molecular weight is 270 g/mol. The van der Waals surface area contributed by atoms with E-state index >= 15 is 0 Å². The Morgan fingerprint density at radius 1 is 1.00 bits per heavy atom. The Labute approximate surface area is 115 Å². The maximum atomic E-state index is 12.1. The first-order chi connectivity index (χ1) is 9.02. The van der Waals surface area contributed by atoms with Gasteiger partial charge in [-0.15, -0.1) is 0 Å². The van der Waals surface area contributed by atoms with Gasteiger partial charge < -0.3 is 9.47 Å². The van der Waals surface area contributed by atoms with Crippen LogP contribution in [-0.2, 0) is 19.1 Å². The molecule has 0 bridgehead atoms. The second-order valence-electron chi connectivity index (χ2n) is 5.54. The molecule has 0 spiro atoms. The summed E-state index contributed by atoms with van der Waals surface area (Å²) in [4.78, 5) is 24.2. The van der Waals surface area contributed by atoms with E-state index in [9.17, 15) is 9.59 Å². The Hall–Kier alpha value is -1.06. The third kappa shape index (κ3) is 3.95. The van der Waals surface area contributed by atoms with E-state index in [1.807, 2.05) is 20.8 Å². The van der Waals surface area contributed by atoms with Crippen molar-refractivity contribution in [3.63, 3.8) is 0 Å². The van der Waals surface area contributed by atoms with Crippen molar-refractivity contribution in [2.45, 2.75) is 47.0 Å². The Kier molecular flexibility index (Phi) is 6.32. The van der Waals surface area contributed by atoms with Crippen LogP contribution in [0.1, 0.15) is 47.0 Å². The van der Waals surface area contributed by atoms with E-state index in [4.69, 9.17) is 9.47 Å². The Balaban J connectivity index is 2.71. The van der Waals surface area contributed by atoms with E-state index in [1.54, 1.807) is 0 Å². The van der Waals surface area contributed by atoms with Gasteiger partial charge in [-0.05, 0) is 31.1 Å². The van der Waals surface area contributed by atoms with Gasteiger partial charge in [0.05, 0.1) is 25.0 Å². The van der Waals surface area contributed by atoms with Crippen molar-refractivity contribution in [3.8, 4) is 0 Å². The first-order valence-corrected chi connectivity index (χ1v) is 7.36. The molecule has 110 valence electrons. The van der Waals surface area contributed by atoms with E-state index in [1.165, 1.54) is 0 Å². The number of ether oxygens (including phenoxy) is 2. The highest BCUT2D eigenvalue weighted by molar-refractivity contribution is 5.83. The molecule has 0 N–H and O–H groups in total. The predicted octanol–water partition coefficient (Wildman–Crippen LogP) is 2.80. The molecule has 0 radical (unpaired) electrons. The molecule has 0 aromatic carbocycles. The summed E-state index contributed by atoms with van der Waals surface area (Å²) in [6.45, 7) is 8.87. The Morgan fingerprint density at radius 3 is 2.05 bits per heavy atom. The SMILES string of the molecule is CCCOC(=O)C1CC(C)C(C)C1C(=O)OCCC. The quantitative estimate of drug-likeness (QED) is 0.696. The van der Waals surface area contributed by atoms with Gasteiger partial charge in [0.1, 0.15) is 0 Å². The Morgan fingerprint density at radius 2 is 1.53 bits per heavy atom. The molecule has 0 aliphatic heterocycles. The van der Waals surface area contributed by atoms with Gasteiger partial charge in [-0.3, -0.25) is 9.59 Å². The van der Waals surface area contributed by atoms with Crippen LogP contribution in [0, 0.1) is 23.7 Å². The van der Waals surface area contributed by atoms with Crippen molar-refractivity contribution in [1.82, 2.24) is 0 Å². The third-order valence-electron chi connectivity index (χ3n) is 4.00. The zero-order valence-electron chi connectivity index (χ0n) is 12.5. The third-order valence-corrected chi connectivity index (χ3v) is 4.00. The molecule has 4 unspecified atom stereocenters. The minimum absolute atomic E-state index is 0.170. The summed E-state index contributed by atoms with van der Waals surface area (Å²) in [7, 11) is 0. The van der Waals surface area contributed by atoms with Crippen LogP contribution in [0.3, 0.4) is 0 Å². The highest BCUT2D eigenvalue weighted by Gasteiger charge is 2.47. The topological polar surface area (TPSA) is 52.6 Å². The fraction of sp³-hybridized carbons (Fsp3) is 0.867. The molecule has 4 nitrogen and oxygen atoms in total. The minimum Gasteiger partial charge on any atom is -0.465 e. The van der Waals surface area contributed by atoms with Gasteiger partial charge in [0.15, 0.2) is 0 Å². The van der Waals surface area contributed by atoms with Gasteiger partial charge in [-0.25, -0.2) is 0 Å². The van der Waals surface area contributed by atoms with Gasteiger partial charge in [0.25, 0.3) is 0 Å². The molecule has 1 rings (SSSR count). The van der Waals surface area contributed by atoms with E-state index in [2.05, 4.69) is 6.92 Å². The van der Waals surface area contributed by atoms with Crippen LogP contribution in [0.25, 0.3) is 0 Å². The van der Waals surface area contributed by atoms with Crippen LogP contribution >= 0.6 is 0 Å². The fourth-order valence-electron chi connectivity index (χ4n) is 2.71. The maximum Gasteiger partial charge on any atom is 0.310 e. The monoisotopic (exact) mass is 270 g/mol. The smallest absolute Gasteiger partial charge is 0.310 e. The van der Waals surface area contributed by atoms with E-state index < -0.39 is 0 Å². The summed E-state index contributed by atoms with van der Waals surface area (Å²) in [5, 5.41) is 0. The zero-order valence-corrected chi connectivity index (χ0v) is 12.5. The largest absolute Gasteiger partial charge is 0.465 e. The lowest BCUT2D eigenvalue weighted by Gasteiger charge is -2.20. The molecule has 0 heterocycles. The highest BCUT2D eigenvalue weighted by atomic mass is 16.5. The summed E-state index contributed by atoms with van der Waals surface area (Å²) < 4.78 is 10.4. The van der Waals surface area contributed by atoms with Crippen molar-refractivity contribution in [2.75, 3.05) is 13.2 Å². The van der Waals surface area contributed by atoms with Gasteiger partial charge >= 0.3 is 11.9 Å². The minimum atomic E-state index is -0.342. The van der Waals surface area contributed by atoms with Gasteiger partial charge in [0, 0.05) is 0 Å². The van der Waals surface area contributed by atoms with Crippen LogP contribution < -0.4 is 0 Å². The number of hydrogen-bond donors (Lipinski definition) is 0. The number of rotatable bonds is 6. The first-order valence-electron chi connectivity index (χ1n) is 7.36. The first kappa shape index (κ1) is 16.0. The lowest BCUT2D eigenvalue weighted by atomic mass is 9.89. The predicted molar refractivity (Wildman–Crippen MR) is 72.4 cm³/mol. The molecule has 1 aliphatic rings. The molecule has 4 heteroatoms. The van der Waals surface area contributed by atoms with Crippen LogP contribution in [0.2, 0.25) is 0 Å². The van der Waals surface area contributed by atoms with E-state index in [0.717, 1.165) is 19.3 Å². The van der Waals surface area contributed by atoms with Crippen molar-refractivity contribution in [1.29, 1.82) is 0 Å². The number of carbonyl (C=O) groups excluding carboxylic acids is 2. The summed E-state index contributed by atoms with van der Waals surface area (Å²) >= 11 is 0. The molecule has 0 aromatic heterocycles. The van der Waals surface area contributed by atoms with Crippen molar-refractivity contribution < 1.29 is 19.1 Å². The molecular formula is C15H26O4. The molecule has 19 heavy (non-hydrogen) atoms. The van der Waals surface area contributed by atoms with Gasteiger partial charge in [-0.2, -0.15) is 0 Å². The molecule has 1 fully saturated rings. The maximum absolute atomic E-state index is 12.1. The lowest BCUT2D eigenvalue weighted by molar-refractivity contribution is -0.160. The van der Waals surface area contributed by atoms with Crippen molar-refractivity contribution in [2.24, 2.45) is 23.7 Å². The van der Waals surface area contributed by atoms with E-state index in [-0.39, 0.29) is 29.7 Å². The van der Waals surface area contributed by atoms with Crippen LogP contribution in [0.5, 0.6) is 0 Å². The highest BCUT2D eigenvalue weighted by Crippen LogP contribution is 2.42. The molecule has 4 atom stereocenters. The zero-order chi connectivity index (χ0) is 14.4. The van der Waals surface area contributed by atoms with E-state index in [0.29, 0.717) is 19.1 Å². The summed E-state index contributed by atoms with van der Waals surface area (Å²) in [6.07, 6.45) is 2.32. The molecule has 1 saturated carbocycles. The molecule has 0 amide bonds. The van der Waals surface area contributed by atoms with Crippen LogP contribution in [-0.4, -0.2) is 25.2 Å². The molecule has 0 aromatic rings. The van der Waals surface area contributed by atoms with Crippen molar-refractivity contribution >= 4 is 11.9 Å². The van der Waals surface area contributed by atoms with Gasteiger partial charge in [-0.1, -0.05) is 27.7 Å². The second kappa shape index (κ2) is 7.51. The summed E-state index contributed by atoms with van der Waals surface area (Å²) in [6, 6.07) is 0. The second-order valence-corrected chi connectivity index (χ2v) is 5.54.